The number of aromatic nitrogens is 1. The van der Waals surface area contributed by atoms with Crippen molar-refractivity contribution in [3.05, 3.63) is 129 Å². The summed E-state index contributed by atoms with van der Waals surface area (Å²) in [6.07, 6.45) is 0. The molecule has 1 aliphatic heterocycles. The van der Waals surface area contributed by atoms with Crippen LogP contribution in [0.4, 0.5) is 11.4 Å². The summed E-state index contributed by atoms with van der Waals surface area (Å²) in [7, 11) is 0. The lowest BCUT2D eigenvalue weighted by atomic mass is 10.1. The molecular formula is C31H22ClN3O4S. The monoisotopic (exact) mass is 567 g/mol. The normalized spacial score (nSPS) is 12.3. The molecule has 0 unspecified atom stereocenters. The number of nitrogens with one attached hydrogen (secondary N) is 1. The molecule has 1 aliphatic rings. The zero-order valence-electron chi connectivity index (χ0n) is 21.0. The summed E-state index contributed by atoms with van der Waals surface area (Å²) in [6, 6.07) is 26.8. The zero-order chi connectivity index (χ0) is 27.8. The molecule has 6 rings (SSSR count). The molecule has 0 saturated heterocycles. The minimum Gasteiger partial charge on any atom is -0.477 e. The van der Waals surface area contributed by atoms with Crippen LogP contribution < -0.4 is 10.2 Å². The number of benzene rings is 3. The third-order valence-corrected chi connectivity index (χ3v) is 8.10. The van der Waals surface area contributed by atoms with E-state index in [0.717, 1.165) is 16.0 Å². The van der Waals surface area contributed by atoms with Gasteiger partial charge in [0.1, 0.15) is 5.69 Å². The van der Waals surface area contributed by atoms with Gasteiger partial charge in [0, 0.05) is 33.1 Å². The van der Waals surface area contributed by atoms with E-state index in [4.69, 9.17) is 11.6 Å². The molecule has 2 N–H and O–H groups in total. The number of halogens is 1. The number of rotatable bonds is 5. The number of aromatic carboxylic acids is 1. The van der Waals surface area contributed by atoms with Crippen LogP contribution in [0.2, 0.25) is 5.02 Å². The van der Waals surface area contributed by atoms with E-state index in [1.165, 1.54) is 0 Å². The fourth-order valence-electron chi connectivity index (χ4n) is 4.97. The Morgan fingerprint density at radius 1 is 0.850 bits per heavy atom. The van der Waals surface area contributed by atoms with Gasteiger partial charge in [-0.3, -0.25) is 9.59 Å². The first kappa shape index (κ1) is 25.6. The third kappa shape index (κ3) is 4.68. The smallest absolute Gasteiger partial charge is 0.352 e. The van der Waals surface area contributed by atoms with E-state index in [9.17, 15) is 19.5 Å². The number of thiophene rings is 1. The summed E-state index contributed by atoms with van der Waals surface area (Å²) in [5, 5.41) is 14.7. The summed E-state index contributed by atoms with van der Waals surface area (Å²) < 4.78 is 1.71. The summed E-state index contributed by atoms with van der Waals surface area (Å²) in [5.74, 6) is -1.64. The highest BCUT2D eigenvalue weighted by Gasteiger charge is 2.28. The molecular weight excluding hydrogens is 546 g/mol. The van der Waals surface area contributed by atoms with E-state index in [0.29, 0.717) is 29.2 Å². The number of para-hydroxylation sites is 1. The highest BCUT2D eigenvalue weighted by atomic mass is 35.5. The average molecular weight is 568 g/mol. The van der Waals surface area contributed by atoms with Gasteiger partial charge in [0.25, 0.3) is 11.8 Å². The van der Waals surface area contributed by atoms with Crippen molar-refractivity contribution in [2.45, 2.75) is 13.1 Å². The standard InChI is InChI=1S/C31H22ClN3O4S/c32-25-16-20(33-29(36)23-8-3-2-7-22(23)28-10-5-15-40-28)11-13-24(25)30(37)35-18-21-12-14-27(31(38)39)34(21)17-19-6-1-4-9-26(19)35/h1-16H,17-18H2,(H,33,36)(H,38,39). The van der Waals surface area contributed by atoms with Gasteiger partial charge in [-0.05, 0) is 59.5 Å². The lowest BCUT2D eigenvalue weighted by molar-refractivity contribution is 0.0685. The van der Waals surface area contributed by atoms with Gasteiger partial charge in [0.05, 0.1) is 23.7 Å². The van der Waals surface area contributed by atoms with Crippen LogP contribution in [0, 0.1) is 0 Å². The second-order valence-corrected chi connectivity index (χ2v) is 10.6. The predicted molar refractivity (Wildman–Crippen MR) is 157 cm³/mol. The Bertz CT molecular complexity index is 1780. The Kier molecular flexibility index (Phi) is 6.71. The maximum atomic E-state index is 13.8. The van der Waals surface area contributed by atoms with E-state index in [1.54, 1.807) is 57.2 Å². The van der Waals surface area contributed by atoms with Crippen LogP contribution in [0.3, 0.4) is 0 Å². The number of carbonyl (C=O) groups excluding carboxylic acids is 2. The molecule has 7 nitrogen and oxygen atoms in total. The molecule has 0 radical (unpaired) electrons. The molecule has 3 aromatic carbocycles. The first-order valence-corrected chi connectivity index (χ1v) is 13.7. The first-order chi connectivity index (χ1) is 19.4. The first-order valence-electron chi connectivity index (χ1n) is 12.5. The molecule has 2 amide bonds. The lowest BCUT2D eigenvalue weighted by Gasteiger charge is -2.23. The second kappa shape index (κ2) is 10.5. The van der Waals surface area contributed by atoms with Crippen LogP contribution in [0.5, 0.6) is 0 Å². The maximum absolute atomic E-state index is 13.8. The van der Waals surface area contributed by atoms with Crippen molar-refractivity contribution in [3.63, 3.8) is 0 Å². The minimum absolute atomic E-state index is 0.165. The molecule has 9 heteroatoms. The molecule has 198 valence electrons. The van der Waals surface area contributed by atoms with Gasteiger partial charge in [-0.25, -0.2) is 4.79 Å². The maximum Gasteiger partial charge on any atom is 0.352 e. The largest absolute Gasteiger partial charge is 0.477 e. The fourth-order valence-corrected chi connectivity index (χ4v) is 5.99. The van der Waals surface area contributed by atoms with Crippen LogP contribution in [0.15, 0.2) is 96.4 Å². The van der Waals surface area contributed by atoms with Gasteiger partial charge in [0.15, 0.2) is 0 Å². The molecule has 0 fully saturated rings. The van der Waals surface area contributed by atoms with Crippen molar-refractivity contribution >= 4 is 52.1 Å². The minimum atomic E-state index is -1.03. The van der Waals surface area contributed by atoms with Crippen LogP contribution >= 0.6 is 22.9 Å². The van der Waals surface area contributed by atoms with E-state index in [-0.39, 0.29) is 34.6 Å². The molecule has 0 saturated carbocycles. The van der Waals surface area contributed by atoms with Crippen molar-refractivity contribution < 1.29 is 19.5 Å². The third-order valence-electron chi connectivity index (χ3n) is 6.88. The lowest BCUT2D eigenvalue weighted by Crippen LogP contribution is -2.31. The Balaban J connectivity index is 1.29. The summed E-state index contributed by atoms with van der Waals surface area (Å²) >= 11 is 8.18. The number of anilines is 2. The second-order valence-electron chi connectivity index (χ2n) is 9.29. The molecule has 5 aromatic rings. The average Bonchev–Trinajstić information content (AvgIpc) is 3.60. The SMILES string of the molecule is O=C(Nc1ccc(C(=O)N2Cc3ccc(C(=O)O)n3Cc3ccccc32)c(Cl)c1)c1ccccc1-c1cccs1. The zero-order valence-corrected chi connectivity index (χ0v) is 22.6. The topological polar surface area (TPSA) is 91.6 Å². The van der Waals surface area contributed by atoms with Gasteiger partial charge in [0.2, 0.25) is 0 Å². The van der Waals surface area contributed by atoms with Crippen molar-refractivity contribution in [1.29, 1.82) is 0 Å². The molecule has 2 aromatic heterocycles. The molecule has 40 heavy (non-hydrogen) atoms. The highest BCUT2D eigenvalue weighted by Crippen LogP contribution is 2.33. The van der Waals surface area contributed by atoms with Crippen molar-refractivity contribution in [3.8, 4) is 10.4 Å². The quantitative estimate of drug-likeness (QED) is 0.238. The molecule has 0 bridgehead atoms. The molecule has 3 heterocycles. The van der Waals surface area contributed by atoms with E-state index in [1.807, 2.05) is 60.0 Å². The molecule has 0 aliphatic carbocycles. The fraction of sp³-hybridized carbons (Fsp3) is 0.0645. The number of carboxylic acids is 1. The van der Waals surface area contributed by atoms with Crippen molar-refractivity contribution in [1.82, 2.24) is 4.57 Å². The highest BCUT2D eigenvalue weighted by molar-refractivity contribution is 7.13. The van der Waals surface area contributed by atoms with Crippen LogP contribution in [-0.2, 0) is 13.1 Å². The van der Waals surface area contributed by atoms with E-state index in [2.05, 4.69) is 5.32 Å². The number of nitrogens with zero attached hydrogens (tertiary/aromatic N) is 2. The van der Waals surface area contributed by atoms with Gasteiger partial charge >= 0.3 is 5.97 Å². The summed E-state index contributed by atoms with van der Waals surface area (Å²) in [4.78, 5) is 41.4. The van der Waals surface area contributed by atoms with E-state index >= 15 is 0 Å². The van der Waals surface area contributed by atoms with Crippen molar-refractivity contribution in [2.75, 3.05) is 10.2 Å². The molecule has 0 spiro atoms. The van der Waals surface area contributed by atoms with Gasteiger partial charge in [-0.2, -0.15) is 0 Å². The number of carboxylic acid groups (broad SMARTS) is 1. The number of fused-ring (bicyclic) bond motifs is 2. The van der Waals surface area contributed by atoms with E-state index < -0.39 is 5.97 Å². The summed E-state index contributed by atoms with van der Waals surface area (Å²) in [5.41, 5.74) is 4.47. The Hall–Kier alpha value is -4.66. The Morgan fingerprint density at radius 2 is 1.65 bits per heavy atom. The Morgan fingerprint density at radius 3 is 2.42 bits per heavy atom. The van der Waals surface area contributed by atoms with Gasteiger partial charge in [-0.1, -0.05) is 54.1 Å². The van der Waals surface area contributed by atoms with Gasteiger partial charge < -0.3 is 19.9 Å². The number of hydrogen-bond acceptors (Lipinski definition) is 4. The van der Waals surface area contributed by atoms with Gasteiger partial charge in [-0.15, -0.1) is 11.3 Å². The van der Waals surface area contributed by atoms with Crippen LogP contribution in [-0.4, -0.2) is 27.5 Å². The molecule has 0 atom stereocenters. The number of amides is 2. The van der Waals surface area contributed by atoms with Crippen LogP contribution in [0.25, 0.3) is 10.4 Å². The number of hydrogen-bond donors (Lipinski definition) is 2. The predicted octanol–water partition coefficient (Wildman–Crippen LogP) is 7.03. The summed E-state index contributed by atoms with van der Waals surface area (Å²) in [6.45, 7) is 0.507. The van der Waals surface area contributed by atoms with Crippen molar-refractivity contribution in [2.24, 2.45) is 0 Å². The van der Waals surface area contributed by atoms with Crippen LogP contribution in [0.1, 0.15) is 42.5 Å². The Labute approximate surface area is 238 Å². The number of carbonyl (C=O) groups is 3.